The first-order valence-corrected chi connectivity index (χ1v) is 23.5. The maximum absolute atomic E-state index is 2.60. The van der Waals surface area contributed by atoms with Crippen LogP contribution >= 0.6 is 0 Å². The number of hydrogen-bond acceptors (Lipinski definition) is 2. The van der Waals surface area contributed by atoms with E-state index >= 15 is 0 Å². The molecule has 10 aromatic rings. The van der Waals surface area contributed by atoms with E-state index in [0.29, 0.717) is 11.8 Å². The Bertz CT molecular complexity index is 3380. The average Bonchev–Trinajstić information content (AvgIpc) is 3.65. The van der Waals surface area contributed by atoms with Gasteiger partial charge in [-0.2, -0.15) is 0 Å². The van der Waals surface area contributed by atoms with Gasteiger partial charge in [-0.25, -0.2) is 0 Å². The van der Waals surface area contributed by atoms with Gasteiger partial charge in [0, 0.05) is 38.8 Å². The highest BCUT2D eigenvalue weighted by Crippen LogP contribution is 2.70. The van der Waals surface area contributed by atoms with Crippen LogP contribution in [0, 0.1) is 23.7 Å². The van der Waals surface area contributed by atoms with E-state index in [1.807, 2.05) is 0 Å². The van der Waals surface area contributed by atoms with Gasteiger partial charge in [0.2, 0.25) is 0 Å². The summed E-state index contributed by atoms with van der Waals surface area (Å²) >= 11 is 0. The SMILES string of the molecule is C.c1ccc(-c2cccc(N(c3ccccc3)c3ccc4ccc5c(N(c6ccccc6)c6cccc7c6-c6ccccc6C76C7CC8CC(C7)CC6C8)ccc6ccc3c4c65)c2)cc1. The predicted octanol–water partition coefficient (Wildman–Crippen LogP) is 17.5. The second-order valence-corrected chi connectivity index (χ2v) is 19.3. The van der Waals surface area contributed by atoms with E-state index < -0.39 is 0 Å². The van der Waals surface area contributed by atoms with E-state index in [9.17, 15) is 0 Å². The summed E-state index contributed by atoms with van der Waals surface area (Å²) in [6.45, 7) is 0. The number of anilines is 6. The first-order chi connectivity index (χ1) is 31.7. The molecule has 4 fully saturated rings. The van der Waals surface area contributed by atoms with Gasteiger partial charge in [-0.3, -0.25) is 0 Å². The minimum atomic E-state index is 0. The topological polar surface area (TPSA) is 6.48 Å². The Balaban J connectivity index is 0.00000423. The molecule has 0 aliphatic heterocycles. The highest BCUT2D eigenvalue weighted by molar-refractivity contribution is 6.28. The lowest BCUT2D eigenvalue weighted by Crippen LogP contribution is -2.55. The van der Waals surface area contributed by atoms with Gasteiger partial charge in [0.05, 0.1) is 17.1 Å². The third kappa shape index (κ3) is 5.53. The van der Waals surface area contributed by atoms with Crippen LogP contribution < -0.4 is 9.80 Å². The molecule has 4 saturated carbocycles. The van der Waals surface area contributed by atoms with Crippen molar-refractivity contribution in [2.45, 2.75) is 44.9 Å². The Morgan fingerprint density at radius 3 is 1.51 bits per heavy atom. The fourth-order valence-electron chi connectivity index (χ4n) is 14.0. The molecule has 314 valence electrons. The van der Waals surface area contributed by atoms with E-state index in [1.54, 1.807) is 11.1 Å². The molecule has 0 unspecified atom stereocenters. The summed E-state index contributed by atoms with van der Waals surface area (Å²) in [5.41, 5.74) is 15.7. The Labute approximate surface area is 382 Å². The lowest BCUT2D eigenvalue weighted by Gasteiger charge is -2.61. The van der Waals surface area contributed by atoms with Gasteiger partial charge in [0.25, 0.3) is 0 Å². The zero-order valence-corrected chi connectivity index (χ0v) is 35.9. The molecule has 2 nitrogen and oxygen atoms in total. The summed E-state index contributed by atoms with van der Waals surface area (Å²) in [7, 11) is 0. The van der Waals surface area contributed by atoms with Crippen molar-refractivity contribution in [2.75, 3.05) is 9.80 Å². The fraction of sp³-hybridized carbons (Fsp3) is 0.175. The van der Waals surface area contributed by atoms with Crippen molar-refractivity contribution in [2.24, 2.45) is 23.7 Å². The number of rotatable bonds is 7. The molecule has 4 bridgehead atoms. The van der Waals surface area contributed by atoms with Gasteiger partial charge >= 0.3 is 0 Å². The fourth-order valence-corrected chi connectivity index (χ4v) is 14.0. The molecule has 2 heteroatoms. The summed E-state index contributed by atoms with van der Waals surface area (Å²) in [6, 6.07) is 77.5. The largest absolute Gasteiger partial charge is 0.310 e. The van der Waals surface area contributed by atoms with Gasteiger partial charge in [-0.15, -0.1) is 0 Å². The second kappa shape index (κ2) is 14.7. The van der Waals surface area contributed by atoms with Crippen molar-refractivity contribution in [1.29, 1.82) is 0 Å². The molecular weight excluding hydrogens is 785 g/mol. The lowest BCUT2D eigenvalue weighted by molar-refractivity contribution is -0.0399. The number of benzene rings is 10. The molecule has 0 radical (unpaired) electrons. The zero-order valence-electron chi connectivity index (χ0n) is 35.9. The first-order valence-electron chi connectivity index (χ1n) is 23.5. The van der Waals surface area contributed by atoms with Crippen molar-refractivity contribution < 1.29 is 0 Å². The summed E-state index contributed by atoms with van der Waals surface area (Å²) in [5.74, 6) is 3.24. The molecule has 10 aromatic carbocycles. The lowest BCUT2D eigenvalue weighted by atomic mass is 9.43. The molecular formula is C63H52N2. The minimum absolute atomic E-state index is 0. The number of fused-ring (bicyclic) bond motifs is 3. The van der Waals surface area contributed by atoms with Gasteiger partial charge in [-0.05, 0) is 160 Å². The number of nitrogens with zero attached hydrogens (tertiary/aromatic N) is 2. The van der Waals surface area contributed by atoms with Crippen LogP contribution in [-0.2, 0) is 5.41 Å². The minimum Gasteiger partial charge on any atom is -0.310 e. The standard InChI is InChI=1S/C62H48N2.CH4/c1-4-14-42(15-5-1)45-16-12-21-50(39-45)63(48-17-6-2-7-18-48)56-32-28-43-27-31-53-57(33-29-44-26-30-52(56)59(43)60(44)53)64(49-19-8-3-9-20-49)58-25-13-24-55-61(58)51-22-10-11-23-54(51)62(55)46-35-40-34-41(37-46)38-47(62)36-40;/h1-33,39-41,46-47H,34-38H2;1H4. The van der Waals surface area contributed by atoms with Crippen LogP contribution in [0.1, 0.15) is 50.7 Å². The molecule has 0 heterocycles. The Hall–Kier alpha value is -7.16. The summed E-state index contributed by atoms with van der Waals surface area (Å²) in [6.07, 6.45) is 6.98. The molecule has 5 aliphatic carbocycles. The summed E-state index contributed by atoms with van der Waals surface area (Å²) in [5, 5.41) is 7.64. The van der Waals surface area contributed by atoms with E-state index in [-0.39, 0.29) is 12.8 Å². The van der Waals surface area contributed by atoms with Crippen LogP contribution in [0.15, 0.2) is 206 Å². The number of para-hydroxylation sites is 2. The van der Waals surface area contributed by atoms with Gasteiger partial charge < -0.3 is 9.80 Å². The average molecular weight is 837 g/mol. The highest BCUT2D eigenvalue weighted by Gasteiger charge is 2.61. The molecule has 0 saturated heterocycles. The van der Waals surface area contributed by atoms with Crippen molar-refractivity contribution in [3.63, 3.8) is 0 Å². The second-order valence-electron chi connectivity index (χ2n) is 19.3. The Kier molecular flexibility index (Phi) is 8.66. The molecule has 0 amide bonds. The van der Waals surface area contributed by atoms with Crippen LogP contribution in [-0.4, -0.2) is 0 Å². The van der Waals surface area contributed by atoms with Crippen LogP contribution in [0.2, 0.25) is 0 Å². The van der Waals surface area contributed by atoms with Crippen molar-refractivity contribution in [3.05, 3.63) is 217 Å². The van der Waals surface area contributed by atoms with Crippen molar-refractivity contribution in [3.8, 4) is 22.3 Å². The highest BCUT2D eigenvalue weighted by atomic mass is 15.2. The van der Waals surface area contributed by atoms with E-state index in [1.165, 1.54) is 109 Å². The summed E-state index contributed by atoms with van der Waals surface area (Å²) < 4.78 is 0. The third-order valence-electron chi connectivity index (χ3n) is 16.1. The molecule has 0 atom stereocenters. The van der Waals surface area contributed by atoms with Gasteiger partial charge in [-0.1, -0.05) is 159 Å². The number of hydrogen-bond donors (Lipinski definition) is 0. The summed E-state index contributed by atoms with van der Waals surface area (Å²) in [4.78, 5) is 5.04. The maximum atomic E-state index is 2.60. The van der Waals surface area contributed by atoms with Crippen LogP contribution in [0.4, 0.5) is 34.1 Å². The van der Waals surface area contributed by atoms with Crippen LogP contribution in [0.5, 0.6) is 0 Å². The Morgan fingerprint density at radius 2 is 0.862 bits per heavy atom. The van der Waals surface area contributed by atoms with Crippen molar-refractivity contribution in [1.82, 2.24) is 0 Å². The molecule has 65 heavy (non-hydrogen) atoms. The predicted molar refractivity (Wildman–Crippen MR) is 275 cm³/mol. The maximum Gasteiger partial charge on any atom is 0.0543 e. The molecule has 0 N–H and O–H groups in total. The van der Waals surface area contributed by atoms with Crippen LogP contribution in [0.25, 0.3) is 54.6 Å². The third-order valence-corrected chi connectivity index (χ3v) is 16.1. The molecule has 1 spiro atoms. The molecule has 5 aliphatic rings. The molecule has 0 aromatic heterocycles. The Morgan fingerprint density at radius 1 is 0.369 bits per heavy atom. The zero-order chi connectivity index (χ0) is 41.9. The van der Waals surface area contributed by atoms with Gasteiger partial charge in [0.15, 0.2) is 0 Å². The van der Waals surface area contributed by atoms with Crippen molar-refractivity contribution >= 4 is 66.4 Å². The van der Waals surface area contributed by atoms with Crippen LogP contribution in [0.3, 0.4) is 0 Å². The first kappa shape index (κ1) is 38.3. The molecule has 15 rings (SSSR count). The monoisotopic (exact) mass is 836 g/mol. The van der Waals surface area contributed by atoms with E-state index in [4.69, 9.17) is 0 Å². The smallest absolute Gasteiger partial charge is 0.0543 e. The normalized spacial score (nSPS) is 21.2. The van der Waals surface area contributed by atoms with E-state index in [2.05, 4.69) is 216 Å². The van der Waals surface area contributed by atoms with Gasteiger partial charge in [0.1, 0.15) is 0 Å². The van der Waals surface area contributed by atoms with E-state index in [0.717, 1.165) is 23.2 Å². The quantitative estimate of drug-likeness (QED) is 0.148.